The largest absolute Gasteiger partial charge is 0.432 e. The maximum absolute atomic E-state index is 5.68. The second-order valence-electron chi connectivity index (χ2n) is 3.90. The number of alkyl halides is 1. The van der Waals surface area contributed by atoms with Crippen molar-refractivity contribution in [3.8, 4) is 0 Å². The van der Waals surface area contributed by atoms with Gasteiger partial charge in [0, 0.05) is 6.54 Å². The van der Waals surface area contributed by atoms with E-state index in [-0.39, 0.29) is 6.10 Å². The first kappa shape index (κ1) is 10.8. The first-order chi connectivity index (χ1) is 7.20. The summed E-state index contributed by atoms with van der Waals surface area (Å²) in [6.45, 7) is 5.66. The summed E-state index contributed by atoms with van der Waals surface area (Å²) in [7, 11) is 0. The van der Waals surface area contributed by atoms with Gasteiger partial charge in [-0.2, -0.15) is 4.98 Å². The third-order valence-electron chi connectivity index (χ3n) is 2.53. The van der Waals surface area contributed by atoms with Crippen molar-refractivity contribution in [2.24, 2.45) is 0 Å². The first-order valence-corrected chi connectivity index (χ1v) is 5.62. The monoisotopic (exact) mass is 230 g/mol. The predicted molar refractivity (Wildman–Crippen MR) is 58.3 cm³/mol. The quantitative estimate of drug-likeness (QED) is 0.729. The van der Waals surface area contributed by atoms with Gasteiger partial charge in [-0.25, -0.2) is 0 Å². The van der Waals surface area contributed by atoms with Gasteiger partial charge in [0.25, 0.3) is 6.01 Å². The lowest BCUT2D eigenvalue weighted by atomic mass is 10.2. The standard InChI is InChI=1S/C10H15ClN2O2/c1-7-5-14-8(2)4-13(7)10-12-9(3-11)6-15-10/h6-8H,3-5H2,1-2H3. The number of aromatic nitrogens is 1. The number of hydrogen-bond acceptors (Lipinski definition) is 4. The van der Waals surface area contributed by atoms with Gasteiger partial charge >= 0.3 is 0 Å². The highest BCUT2D eigenvalue weighted by molar-refractivity contribution is 6.16. The van der Waals surface area contributed by atoms with Crippen molar-refractivity contribution in [3.05, 3.63) is 12.0 Å². The van der Waals surface area contributed by atoms with Crippen molar-refractivity contribution in [2.45, 2.75) is 31.9 Å². The summed E-state index contributed by atoms with van der Waals surface area (Å²) in [5.74, 6) is 0.387. The summed E-state index contributed by atoms with van der Waals surface area (Å²) in [5, 5.41) is 0. The molecule has 2 heterocycles. The third kappa shape index (κ3) is 2.26. The second kappa shape index (κ2) is 4.41. The van der Waals surface area contributed by atoms with Crippen molar-refractivity contribution < 1.29 is 9.15 Å². The maximum atomic E-state index is 5.68. The number of ether oxygens (including phenoxy) is 1. The zero-order valence-corrected chi connectivity index (χ0v) is 9.70. The zero-order chi connectivity index (χ0) is 10.8. The smallest absolute Gasteiger partial charge is 0.297 e. The average molecular weight is 231 g/mol. The second-order valence-corrected chi connectivity index (χ2v) is 4.17. The minimum Gasteiger partial charge on any atom is -0.432 e. The van der Waals surface area contributed by atoms with Crippen LogP contribution in [-0.4, -0.2) is 30.3 Å². The van der Waals surface area contributed by atoms with Crippen LogP contribution in [0.4, 0.5) is 6.01 Å². The van der Waals surface area contributed by atoms with Gasteiger partial charge in [0.2, 0.25) is 0 Å². The molecular formula is C10H15ClN2O2. The summed E-state index contributed by atoms with van der Waals surface area (Å²) in [4.78, 5) is 6.42. The fourth-order valence-electron chi connectivity index (χ4n) is 1.66. The molecule has 0 radical (unpaired) electrons. The minimum absolute atomic E-state index is 0.215. The number of morpholine rings is 1. The Bertz CT molecular complexity index is 329. The lowest BCUT2D eigenvalue weighted by molar-refractivity contribution is 0.0322. The van der Waals surface area contributed by atoms with Crippen LogP contribution in [0.5, 0.6) is 0 Å². The van der Waals surface area contributed by atoms with Gasteiger partial charge in [-0.15, -0.1) is 11.6 Å². The van der Waals surface area contributed by atoms with Crippen LogP contribution in [0, 0.1) is 0 Å². The Morgan fingerprint density at radius 1 is 1.60 bits per heavy atom. The number of halogens is 1. The molecule has 2 unspecified atom stereocenters. The fraction of sp³-hybridized carbons (Fsp3) is 0.700. The molecule has 1 fully saturated rings. The molecule has 0 saturated carbocycles. The van der Waals surface area contributed by atoms with E-state index in [1.807, 2.05) is 6.92 Å². The fourth-order valence-corrected chi connectivity index (χ4v) is 1.78. The van der Waals surface area contributed by atoms with Crippen LogP contribution in [0.3, 0.4) is 0 Å². The summed E-state index contributed by atoms with van der Waals surface area (Å²) in [6, 6.07) is 0.941. The lowest BCUT2D eigenvalue weighted by Crippen LogP contribution is -2.47. The van der Waals surface area contributed by atoms with Gasteiger partial charge in [0.1, 0.15) is 6.26 Å². The molecule has 1 aromatic heterocycles. The molecule has 4 nitrogen and oxygen atoms in total. The molecule has 15 heavy (non-hydrogen) atoms. The van der Waals surface area contributed by atoms with Crippen molar-refractivity contribution in [2.75, 3.05) is 18.1 Å². The van der Waals surface area contributed by atoms with Crippen molar-refractivity contribution >= 4 is 17.6 Å². The van der Waals surface area contributed by atoms with Crippen LogP contribution in [0.1, 0.15) is 19.5 Å². The molecule has 0 N–H and O–H groups in total. The first-order valence-electron chi connectivity index (χ1n) is 5.09. The Hall–Kier alpha value is -0.740. The van der Waals surface area contributed by atoms with Crippen LogP contribution in [0.2, 0.25) is 0 Å². The summed E-state index contributed by atoms with van der Waals surface area (Å²) < 4.78 is 10.9. The molecule has 5 heteroatoms. The van der Waals surface area contributed by atoms with Gasteiger partial charge in [-0.1, -0.05) is 0 Å². The third-order valence-corrected chi connectivity index (χ3v) is 2.80. The molecule has 2 atom stereocenters. The van der Waals surface area contributed by atoms with Crippen LogP contribution in [-0.2, 0) is 10.6 Å². The van der Waals surface area contributed by atoms with Gasteiger partial charge in [0.05, 0.1) is 30.3 Å². The Morgan fingerprint density at radius 2 is 2.40 bits per heavy atom. The molecule has 0 spiro atoms. The Labute approximate surface area is 94.2 Å². The lowest BCUT2D eigenvalue weighted by Gasteiger charge is -2.35. The van der Waals surface area contributed by atoms with Gasteiger partial charge in [-0.05, 0) is 13.8 Å². The van der Waals surface area contributed by atoms with Crippen molar-refractivity contribution in [1.82, 2.24) is 4.98 Å². The van der Waals surface area contributed by atoms with Crippen molar-refractivity contribution in [1.29, 1.82) is 0 Å². The number of oxazole rings is 1. The molecule has 0 aliphatic carbocycles. The number of hydrogen-bond donors (Lipinski definition) is 0. The Morgan fingerprint density at radius 3 is 3.07 bits per heavy atom. The molecule has 2 rings (SSSR count). The van der Waals surface area contributed by atoms with E-state index in [9.17, 15) is 0 Å². The highest BCUT2D eigenvalue weighted by atomic mass is 35.5. The highest BCUT2D eigenvalue weighted by Crippen LogP contribution is 2.21. The molecule has 1 aromatic rings. The molecule has 0 bridgehead atoms. The van der Waals surface area contributed by atoms with Gasteiger partial charge in [0.15, 0.2) is 0 Å². The SMILES string of the molecule is CC1CN(c2nc(CCl)co2)C(C)CO1. The van der Waals surface area contributed by atoms with E-state index >= 15 is 0 Å². The molecule has 84 valence electrons. The van der Waals surface area contributed by atoms with Crippen LogP contribution in [0.15, 0.2) is 10.7 Å². The maximum Gasteiger partial charge on any atom is 0.297 e. The molecule has 1 aliphatic rings. The van der Waals surface area contributed by atoms with Crippen LogP contribution >= 0.6 is 11.6 Å². The molecular weight excluding hydrogens is 216 g/mol. The van der Waals surface area contributed by atoms with E-state index in [2.05, 4.69) is 16.8 Å². The molecule has 0 amide bonds. The molecule has 0 aromatic carbocycles. The van der Waals surface area contributed by atoms with Crippen LogP contribution in [0.25, 0.3) is 0 Å². The van der Waals surface area contributed by atoms with Gasteiger partial charge < -0.3 is 14.1 Å². The Kier molecular flexibility index (Phi) is 3.17. The van der Waals surface area contributed by atoms with Crippen LogP contribution < -0.4 is 4.90 Å². The predicted octanol–water partition coefficient (Wildman–Crippen LogP) is 2.03. The summed E-state index contributed by atoms with van der Waals surface area (Å²) in [5.41, 5.74) is 0.776. The van der Waals surface area contributed by atoms with E-state index in [0.717, 1.165) is 12.2 Å². The Balaban J connectivity index is 2.13. The van der Waals surface area contributed by atoms with Gasteiger partial charge in [-0.3, -0.25) is 0 Å². The highest BCUT2D eigenvalue weighted by Gasteiger charge is 2.26. The van der Waals surface area contributed by atoms with E-state index in [0.29, 0.717) is 24.5 Å². The molecule has 1 aliphatic heterocycles. The van der Waals surface area contributed by atoms with Crippen molar-refractivity contribution in [3.63, 3.8) is 0 Å². The summed E-state index contributed by atoms with van der Waals surface area (Å²) in [6.07, 6.45) is 1.82. The average Bonchev–Trinajstić information content (AvgIpc) is 2.70. The van der Waals surface area contributed by atoms with E-state index in [1.54, 1.807) is 6.26 Å². The van der Waals surface area contributed by atoms with E-state index < -0.39 is 0 Å². The number of rotatable bonds is 2. The topological polar surface area (TPSA) is 38.5 Å². The summed E-state index contributed by atoms with van der Waals surface area (Å²) >= 11 is 5.68. The zero-order valence-electron chi connectivity index (χ0n) is 8.94. The molecule has 1 saturated heterocycles. The normalized spacial score (nSPS) is 27.0. The number of anilines is 1. The number of nitrogens with zero attached hydrogens (tertiary/aromatic N) is 2. The minimum atomic E-state index is 0.215. The van der Waals surface area contributed by atoms with E-state index in [1.165, 1.54) is 0 Å². The van der Waals surface area contributed by atoms with E-state index in [4.69, 9.17) is 20.8 Å².